The third-order valence-corrected chi connectivity index (χ3v) is 6.24. The van der Waals surface area contributed by atoms with Crippen molar-refractivity contribution in [2.24, 2.45) is 0 Å². The van der Waals surface area contributed by atoms with Gasteiger partial charge in [-0.05, 0) is 26.1 Å². The highest BCUT2D eigenvalue weighted by atomic mass is 32.1. The number of pyridine rings is 1. The molecule has 1 amide bonds. The normalized spacial score (nSPS) is 15.2. The molecule has 0 radical (unpaired) electrons. The van der Waals surface area contributed by atoms with Crippen molar-refractivity contribution in [2.45, 2.75) is 13.5 Å². The van der Waals surface area contributed by atoms with Crippen LogP contribution in [0.3, 0.4) is 0 Å². The van der Waals surface area contributed by atoms with Crippen molar-refractivity contribution in [3.8, 4) is 11.5 Å². The molecule has 0 spiro atoms. The molecule has 0 unspecified atom stereocenters. The number of likely N-dealkylation sites (N-methyl/N-ethyl adjacent to an activating group) is 1. The first-order valence-electron chi connectivity index (χ1n) is 9.96. The number of rotatable bonds is 4. The number of thiazole rings is 1. The summed E-state index contributed by atoms with van der Waals surface area (Å²) in [5.74, 6) is 0.659. The topological polar surface area (TPSA) is 71.6 Å². The lowest BCUT2D eigenvalue weighted by Crippen LogP contribution is -2.47. The molecule has 1 aliphatic rings. The molecule has 1 aliphatic heterocycles. The highest BCUT2D eigenvalue weighted by molar-refractivity contribution is 7.09. The molecule has 0 aromatic carbocycles. The van der Waals surface area contributed by atoms with Crippen LogP contribution in [0.4, 0.5) is 0 Å². The van der Waals surface area contributed by atoms with Gasteiger partial charge in [0.1, 0.15) is 5.69 Å². The summed E-state index contributed by atoms with van der Waals surface area (Å²) in [5.41, 5.74) is 3.04. The Morgan fingerprint density at radius 1 is 1.17 bits per heavy atom. The molecule has 0 N–H and O–H groups in total. The van der Waals surface area contributed by atoms with E-state index in [0.717, 1.165) is 48.1 Å². The molecule has 0 aliphatic carbocycles. The molecule has 9 heteroatoms. The SMILES string of the molecule is Cc1nc(Cn2cnc(-c3nc(C(=O)N4CCN(C)CC4)c4ccccn34)c2)cs1. The molecule has 4 aromatic rings. The van der Waals surface area contributed by atoms with Crippen molar-refractivity contribution in [3.05, 3.63) is 58.7 Å². The molecule has 1 saturated heterocycles. The predicted octanol–water partition coefficient (Wildman–Crippen LogP) is 2.40. The van der Waals surface area contributed by atoms with E-state index in [0.29, 0.717) is 18.1 Å². The summed E-state index contributed by atoms with van der Waals surface area (Å²) < 4.78 is 3.94. The number of hydrogen-bond donors (Lipinski definition) is 0. The molecule has 30 heavy (non-hydrogen) atoms. The van der Waals surface area contributed by atoms with Gasteiger partial charge < -0.3 is 14.4 Å². The average Bonchev–Trinajstić information content (AvgIpc) is 3.47. The van der Waals surface area contributed by atoms with Crippen LogP contribution < -0.4 is 0 Å². The van der Waals surface area contributed by atoms with Crippen molar-refractivity contribution in [2.75, 3.05) is 33.2 Å². The molecule has 0 atom stereocenters. The summed E-state index contributed by atoms with van der Waals surface area (Å²) in [4.78, 5) is 31.2. The van der Waals surface area contributed by atoms with Gasteiger partial charge >= 0.3 is 0 Å². The van der Waals surface area contributed by atoms with Gasteiger partial charge in [-0.15, -0.1) is 11.3 Å². The molecule has 4 aromatic heterocycles. The zero-order chi connectivity index (χ0) is 20.7. The van der Waals surface area contributed by atoms with E-state index in [9.17, 15) is 4.79 Å². The van der Waals surface area contributed by atoms with Crippen LogP contribution in [-0.2, 0) is 6.54 Å². The lowest BCUT2D eigenvalue weighted by Gasteiger charge is -2.32. The minimum Gasteiger partial charge on any atom is -0.335 e. The second-order valence-corrected chi connectivity index (χ2v) is 8.69. The van der Waals surface area contributed by atoms with Crippen molar-refractivity contribution in [1.82, 2.24) is 33.7 Å². The van der Waals surface area contributed by atoms with Gasteiger partial charge in [0.2, 0.25) is 0 Å². The van der Waals surface area contributed by atoms with E-state index in [1.165, 1.54) is 0 Å². The molecule has 0 bridgehead atoms. The molecular formula is C21H23N7OS. The molecular weight excluding hydrogens is 398 g/mol. The third kappa shape index (κ3) is 3.50. The Hall–Kier alpha value is -3.04. The van der Waals surface area contributed by atoms with Crippen molar-refractivity contribution in [1.29, 1.82) is 0 Å². The predicted molar refractivity (Wildman–Crippen MR) is 116 cm³/mol. The number of amides is 1. The number of piperazine rings is 1. The fourth-order valence-electron chi connectivity index (χ4n) is 3.77. The lowest BCUT2D eigenvalue weighted by atomic mass is 10.2. The van der Waals surface area contributed by atoms with Crippen LogP contribution in [0.25, 0.3) is 17.0 Å². The van der Waals surface area contributed by atoms with E-state index < -0.39 is 0 Å². The Morgan fingerprint density at radius 3 is 2.77 bits per heavy atom. The average molecular weight is 422 g/mol. The van der Waals surface area contributed by atoms with Gasteiger partial charge in [0.15, 0.2) is 11.5 Å². The van der Waals surface area contributed by atoms with Gasteiger partial charge in [0.25, 0.3) is 5.91 Å². The van der Waals surface area contributed by atoms with Gasteiger partial charge in [0, 0.05) is 44.0 Å². The first kappa shape index (κ1) is 19.0. The molecule has 0 saturated carbocycles. The van der Waals surface area contributed by atoms with Gasteiger partial charge in [-0.3, -0.25) is 9.20 Å². The van der Waals surface area contributed by atoms with Crippen molar-refractivity contribution < 1.29 is 4.79 Å². The summed E-state index contributed by atoms with van der Waals surface area (Å²) in [6, 6.07) is 5.82. The fourth-order valence-corrected chi connectivity index (χ4v) is 4.37. The highest BCUT2D eigenvalue weighted by Crippen LogP contribution is 2.23. The minimum atomic E-state index is -0.0181. The van der Waals surface area contributed by atoms with Crippen LogP contribution in [0, 0.1) is 6.92 Å². The third-order valence-electron chi connectivity index (χ3n) is 5.41. The standard InChI is InChI=1S/C21H23N7OS/c1-15-23-16(13-30-15)11-26-12-17(22-14-26)20-24-19(18-5-3-4-6-28(18)20)21(29)27-9-7-25(2)8-10-27/h3-6,12-14H,7-11H2,1-2H3. The Morgan fingerprint density at radius 2 is 2.00 bits per heavy atom. The maximum atomic E-state index is 13.2. The van der Waals surface area contributed by atoms with Gasteiger partial charge in [-0.2, -0.15) is 0 Å². The van der Waals surface area contributed by atoms with Crippen molar-refractivity contribution >= 4 is 22.8 Å². The fraction of sp³-hybridized carbons (Fsp3) is 0.333. The number of nitrogens with zero attached hydrogens (tertiary/aromatic N) is 7. The summed E-state index contributed by atoms with van der Waals surface area (Å²) in [6.45, 7) is 5.86. The van der Waals surface area contributed by atoms with Gasteiger partial charge in [-0.1, -0.05) is 6.07 Å². The number of aromatic nitrogens is 5. The first-order valence-corrected chi connectivity index (χ1v) is 10.8. The van der Waals surface area contributed by atoms with Crippen LogP contribution in [-0.4, -0.2) is 72.9 Å². The first-order chi connectivity index (χ1) is 14.6. The number of hydrogen-bond acceptors (Lipinski definition) is 6. The second kappa shape index (κ2) is 7.66. The summed E-state index contributed by atoms with van der Waals surface area (Å²) in [5, 5.41) is 3.11. The minimum absolute atomic E-state index is 0.0181. The smallest absolute Gasteiger partial charge is 0.274 e. The van der Waals surface area contributed by atoms with E-state index in [-0.39, 0.29) is 5.91 Å². The van der Waals surface area contributed by atoms with Crippen LogP contribution in [0.1, 0.15) is 21.2 Å². The number of imidazole rings is 2. The van der Waals surface area contributed by atoms with E-state index in [1.54, 1.807) is 17.7 Å². The Kier molecular flexibility index (Phi) is 4.84. The van der Waals surface area contributed by atoms with Crippen LogP contribution in [0.5, 0.6) is 0 Å². The highest BCUT2D eigenvalue weighted by Gasteiger charge is 2.26. The second-order valence-electron chi connectivity index (χ2n) is 7.62. The maximum Gasteiger partial charge on any atom is 0.274 e. The largest absolute Gasteiger partial charge is 0.335 e. The molecule has 1 fully saturated rings. The number of carbonyl (C=O) groups is 1. The molecule has 8 nitrogen and oxygen atoms in total. The number of aryl methyl sites for hydroxylation is 1. The number of fused-ring (bicyclic) bond motifs is 1. The maximum absolute atomic E-state index is 13.2. The van der Waals surface area contributed by atoms with Gasteiger partial charge in [-0.25, -0.2) is 15.0 Å². The zero-order valence-electron chi connectivity index (χ0n) is 17.0. The van der Waals surface area contributed by atoms with Crippen LogP contribution in [0.2, 0.25) is 0 Å². The number of carbonyl (C=O) groups excluding carboxylic acids is 1. The lowest BCUT2D eigenvalue weighted by molar-refractivity contribution is 0.0661. The van der Waals surface area contributed by atoms with Crippen LogP contribution >= 0.6 is 11.3 Å². The Labute approximate surface area is 178 Å². The summed E-state index contributed by atoms with van der Waals surface area (Å²) in [7, 11) is 2.08. The monoisotopic (exact) mass is 421 g/mol. The Balaban J connectivity index is 1.47. The molecule has 5 heterocycles. The molecule has 5 rings (SSSR count). The van der Waals surface area contributed by atoms with Crippen molar-refractivity contribution in [3.63, 3.8) is 0 Å². The summed E-state index contributed by atoms with van der Waals surface area (Å²) >= 11 is 1.64. The van der Waals surface area contributed by atoms with Gasteiger partial charge in [0.05, 0.1) is 29.1 Å². The van der Waals surface area contributed by atoms with Crippen LogP contribution in [0.15, 0.2) is 42.3 Å². The Bertz CT molecular complexity index is 1200. The van der Waals surface area contributed by atoms with E-state index in [1.807, 2.05) is 51.4 Å². The summed E-state index contributed by atoms with van der Waals surface area (Å²) in [6.07, 6.45) is 5.68. The quantitative estimate of drug-likeness (QED) is 0.506. The zero-order valence-corrected chi connectivity index (χ0v) is 17.8. The van der Waals surface area contributed by atoms with E-state index in [4.69, 9.17) is 4.98 Å². The van der Waals surface area contributed by atoms with E-state index in [2.05, 4.69) is 27.3 Å². The molecule has 154 valence electrons. The van der Waals surface area contributed by atoms with E-state index >= 15 is 0 Å².